The lowest BCUT2D eigenvalue weighted by Crippen LogP contribution is -2.41. The molecule has 1 saturated heterocycles. The lowest BCUT2D eigenvalue weighted by atomic mass is 10.2. The summed E-state index contributed by atoms with van der Waals surface area (Å²) in [5.41, 5.74) is 0.199. The Morgan fingerprint density at radius 3 is 2.87 bits per heavy atom. The second-order valence-corrected chi connectivity index (χ2v) is 5.47. The summed E-state index contributed by atoms with van der Waals surface area (Å²) >= 11 is 0. The first-order valence-electron chi connectivity index (χ1n) is 7.43. The number of benzene rings is 1. The van der Waals surface area contributed by atoms with Gasteiger partial charge in [-0.05, 0) is 25.0 Å². The van der Waals surface area contributed by atoms with Crippen molar-refractivity contribution in [3.8, 4) is 0 Å². The van der Waals surface area contributed by atoms with Crippen LogP contribution >= 0.6 is 0 Å². The van der Waals surface area contributed by atoms with Crippen LogP contribution in [0.2, 0.25) is 0 Å². The normalized spacial score (nSPS) is 17.6. The SMILES string of the molecule is O=C(O)[C@H]1CCCN1C(=O)CCn1nnc2ccccc2c1=O. The Balaban J connectivity index is 1.73. The number of hydrogen-bond acceptors (Lipinski definition) is 5. The summed E-state index contributed by atoms with van der Waals surface area (Å²) in [5.74, 6) is -1.27. The number of aliphatic carboxylic acids is 1. The van der Waals surface area contributed by atoms with Gasteiger partial charge < -0.3 is 10.0 Å². The minimum absolute atomic E-state index is 0.0245. The lowest BCUT2D eigenvalue weighted by Gasteiger charge is -2.21. The highest BCUT2D eigenvalue weighted by molar-refractivity contribution is 5.84. The van der Waals surface area contributed by atoms with Gasteiger partial charge in [-0.15, -0.1) is 5.10 Å². The Morgan fingerprint density at radius 2 is 2.09 bits per heavy atom. The molecule has 0 spiro atoms. The molecule has 120 valence electrons. The summed E-state index contributed by atoms with van der Waals surface area (Å²) in [7, 11) is 0. The number of aromatic nitrogens is 3. The monoisotopic (exact) mass is 316 g/mol. The predicted molar refractivity (Wildman–Crippen MR) is 80.8 cm³/mol. The summed E-state index contributed by atoms with van der Waals surface area (Å²) in [6.45, 7) is 0.520. The average molecular weight is 316 g/mol. The van der Waals surface area contributed by atoms with E-state index < -0.39 is 12.0 Å². The number of likely N-dealkylation sites (tertiary alicyclic amines) is 1. The topological polar surface area (TPSA) is 105 Å². The Bertz CT molecular complexity index is 816. The van der Waals surface area contributed by atoms with Crippen LogP contribution < -0.4 is 5.56 Å². The lowest BCUT2D eigenvalue weighted by molar-refractivity contribution is -0.148. The number of carbonyl (C=O) groups is 2. The Morgan fingerprint density at radius 1 is 1.30 bits per heavy atom. The molecule has 1 amide bonds. The number of amides is 1. The first-order chi connectivity index (χ1) is 11.1. The van der Waals surface area contributed by atoms with Gasteiger partial charge in [0, 0.05) is 13.0 Å². The minimum Gasteiger partial charge on any atom is -0.480 e. The molecular weight excluding hydrogens is 300 g/mol. The second kappa shape index (κ2) is 6.15. The molecule has 1 fully saturated rings. The van der Waals surface area contributed by atoms with Crippen LogP contribution in [0.3, 0.4) is 0 Å². The van der Waals surface area contributed by atoms with Crippen LogP contribution in [0.25, 0.3) is 10.9 Å². The van der Waals surface area contributed by atoms with Crippen LogP contribution in [0.4, 0.5) is 0 Å². The molecule has 1 aliphatic heterocycles. The summed E-state index contributed by atoms with van der Waals surface area (Å²) in [6, 6.07) is 6.10. The fourth-order valence-corrected chi connectivity index (χ4v) is 2.84. The van der Waals surface area contributed by atoms with Gasteiger partial charge in [-0.1, -0.05) is 17.3 Å². The molecule has 23 heavy (non-hydrogen) atoms. The molecule has 2 heterocycles. The van der Waals surface area contributed by atoms with Gasteiger partial charge >= 0.3 is 5.97 Å². The van der Waals surface area contributed by atoms with E-state index in [1.807, 2.05) is 0 Å². The number of rotatable bonds is 4. The van der Waals surface area contributed by atoms with Gasteiger partial charge in [0.2, 0.25) is 5.91 Å². The van der Waals surface area contributed by atoms with Crippen molar-refractivity contribution in [2.75, 3.05) is 6.54 Å². The van der Waals surface area contributed by atoms with Crippen molar-refractivity contribution in [1.82, 2.24) is 19.9 Å². The van der Waals surface area contributed by atoms with E-state index in [1.54, 1.807) is 24.3 Å². The third kappa shape index (κ3) is 2.92. The maximum absolute atomic E-state index is 12.3. The van der Waals surface area contributed by atoms with Crippen molar-refractivity contribution in [2.45, 2.75) is 31.8 Å². The molecule has 1 aromatic heterocycles. The fraction of sp³-hybridized carbons (Fsp3) is 0.400. The smallest absolute Gasteiger partial charge is 0.326 e. The quantitative estimate of drug-likeness (QED) is 0.867. The highest BCUT2D eigenvalue weighted by atomic mass is 16.4. The average Bonchev–Trinajstić information content (AvgIpc) is 3.04. The molecule has 1 aromatic carbocycles. The summed E-state index contributed by atoms with van der Waals surface area (Å²) in [4.78, 5) is 37.0. The summed E-state index contributed by atoms with van der Waals surface area (Å²) < 4.78 is 1.14. The molecule has 0 radical (unpaired) electrons. The number of carbonyl (C=O) groups excluding carboxylic acids is 1. The Labute approximate surface area is 131 Å². The van der Waals surface area contributed by atoms with Crippen LogP contribution in [0.5, 0.6) is 0 Å². The van der Waals surface area contributed by atoms with Crippen LogP contribution in [-0.4, -0.2) is 49.5 Å². The standard InChI is InChI=1S/C15H16N4O4/c20-13(18-8-3-6-12(18)15(22)23)7-9-19-14(21)10-4-1-2-5-11(10)16-17-19/h1-2,4-5,12H,3,6-9H2,(H,22,23)/t12-/m1/s1. The van der Waals surface area contributed by atoms with E-state index in [2.05, 4.69) is 10.3 Å². The molecule has 0 bridgehead atoms. The van der Waals surface area contributed by atoms with E-state index >= 15 is 0 Å². The van der Waals surface area contributed by atoms with Crippen molar-refractivity contribution < 1.29 is 14.7 Å². The molecule has 0 saturated carbocycles. The fourth-order valence-electron chi connectivity index (χ4n) is 2.84. The van der Waals surface area contributed by atoms with Crippen molar-refractivity contribution in [1.29, 1.82) is 0 Å². The van der Waals surface area contributed by atoms with Crippen molar-refractivity contribution in [3.63, 3.8) is 0 Å². The highest BCUT2D eigenvalue weighted by Gasteiger charge is 2.33. The van der Waals surface area contributed by atoms with E-state index in [-0.39, 0.29) is 24.4 Å². The van der Waals surface area contributed by atoms with Gasteiger partial charge in [-0.3, -0.25) is 9.59 Å². The van der Waals surface area contributed by atoms with Crippen LogP contribution in [0, 0.1) is 0 Å². The van der Waals surface area contributed by atoms with E-state index in [0.29, 0.717) is 30.3 Å². The number of aryl methyl sites for hydroxylation is 1. The second-order valence-electron chi connectivity index (χ2n) is 5.47. The predicted octanol–water partition coefficient (Wildman–Crippen LogP) is 0.257. The molecule has 2 aromatic rings. The molecule has 0 aliphatic carbocycles. The number of hydrogen-bond donors (Lipinski definition) is 1. The molecule has 1 N–H and O–H groups in total. The van der Waals surface area contributed by atoms with E-state index in [4.69, 9.17) is 5.11 Å². The van der Waals surface area contributed by atoms with Gasteiger partial charge in [-0.2, -0.15) is 0 Å². The molecule has 1 aliphatic rings. The third-order valence-electron chi connectivity index (χ3n) is 4.02. The molecule has 0 unspecified atom stereocenters. The van der Waals surface area contributed by atoms with Crippen molar-refractivity contribution in [3.05, 3.63) is 34.6 Å². The Hall–Kier alpha value is -2.77. The van der Waals surface area contributed by atoms with E-state index in [0.717, 1.165) is 4.68 Å². The highest BCUT2D eigenvalue weighted by Crippen LogP contribution is 2.18. The molecule has 1 atom stereocenters. The zero-order chi connectivity index (χ0) is 16.4. The Kier molecular flexibility index (Phi) is 4.05. The van der Waals surface area contributed by atoms with Crippen molar-refractivity contribution >= 4 is 22.8 Å². The summed E-state index contributed by atoms with van der Waals surface area (Å²) in [6.07, 6.45) is 1.17. The first-order valence-corrected chi connectivity index (χ1v) is 7.43. The molecule has 3 rings (SSSR count). The van der Waals surface area contributed by atoms with Crippen LogP contribution in [0.15, 0.2) is 29.1 Å². The summed E-state index contributed by atoms with van der Waals surface area (Å²) in [5, 5.41) is 17.3. The van der Waals surface area contributed by atoms with Gasteiger partial charge in [-0.25, -0.2) is 9.48 Å². The van der Waals surface area contributed by atoms with Crippen LogP contribution in [0.1, 0.15) is 19.3 Å². The molecule has 8 heteroatoms. The third-order valence-corrected chi connectivity index (χ3v) is 4.02. The van der Waals surface area contributed by atoms with Crippen LogP contribution in [-0.2, 0) is 16.1 Å². The van der Waals surface area contributed by atoms with Gasteiger partial charge in [0.15, 0.2) is 0 Å². The number of nitrogens with zero attached hydrogens (tertiary/aromatic N) is 4. The zero-order valence-electron chi connectivity index (χ0n) is 12.4. The maximum atomic E-state index is 12.3. The van der Waals surface area contributed by atoms with E-state index in [9.17, 15) is 14.4 Å². The van der Waals surface area contributed by atoms with E-state index in [1.165, 1.54) is 4.90 Å². The first kappa shape index (κ1) is 15.1. The molecule has 8 nitrogen and oxygen atoms in total. The van der Waals surface area contributed by atoms with Gasteiger partial charge in [0.1, 0.15) is 11.6 Å². The maximum Gasteiger partial charge on any atom is 0.326 e. The molecular formula is C15H16N4O4. The van der Waals surface area contributed by atoms with Crippen molar-refractivity contribution in [2.24, 2.45) is 0 Å². The van der Waals surface area contributed by atoms with Gasteiger partial charge in [0.25, 0.3) is 5.56 Å². The largest absolute Gasteiger partial charge is 0.480 e. The number of carboxylic acid groups (broad SMARTS) is 1. The number of fused-ring (bicyclic) bond motifs is 1. The number of carboxylic acids is 1. The van der Waals surface area contributed by atoms with Gasteiger partial charge in [0.05, 0.1) is 11.9 Å². The zero-order valence-corrected chi connectivity index (χ0v) is 12.4. The minimum atomic E-state index is -0.987.